The van der Waals surface area contributed by atoms with E-state index in [9.17, 15) is 14.0 Å². The summed E-state index contributed by atoms with van der Waals surface area (Å²) in [6.45, 7) is 3.85. The molecule has 0 N–H and O–H groups in total. The Bertz CT molecular complexity index is 933. The summed E-state index contributed by atoms with van der Waals surface area (Å²) in [5.74, 6) is 0.0793. The van der Waals surface area contributed by atoms with Crippen LogP contribution in [0.1, 0.15) is 19.3 Å². The normalized spacial score (nSPS) is 20.9. The number of amides is 2. The topological polar surface area (TPSA) is 86.1 Å². The predicted molar refractivity (Wildman–Crippen MR) is 121 cm³/mol. The Balaban J connectivity index is 1.41. The van der Waals surface area contributed by atoms with E-state index >= 15 is 0 Å². The largest absolute Gasteiger partial charge is 0.490 e. The second-order valence-electron chi connectivity index (χ2n) is 8.63. The van der Waals surface area contributed by atoms with Crippen molar-refractivity contribution >= 4 is 11.8 Å². The maximum absolute atomic E-state index is 13.3. The van der Waals surface area contributed by atoms with Gasteiger partial charge < -0.3 is 24.0 Å². The lowest BCUT2D eigenvalue weighted by Gasteiger charge is -2.43. The molecule has 2 aromatic rings. The van der Waals surface area contributed by atoms with Crippen LogP contribution in [0.4, 0.5) is 4.39 Å². The van der Waals surface area contributed by atoms with E-state index in [1.165, 1.54) is 24.3 Å². The number of hydrogen-bond acceptors (Lipinski definition) is 6. The predicted octanol–water partition coefficient (Wildman–Crippen LogP) is 1.73. The van der Waals surface area contributed by atoms with E-state index in [2.05, 4.69) is 5.10 Å². The third kappa shape index (κ3) is 6.54. The third-order valence-electron chi connectivity index (χ3n) is 6.09. The van der Waals surface area contributed by atoms with Crippen LogP contribution in [0.15, 0.2) is 42.7 Å². The fourth-order valence-electron chi connectivity index (χ4n) is 4.23. The summed E-state index contributed by atoms with van der Waals surface area (Å²) in [6, 6.07) is 7.56. The van der Waals surface area contributed by atoms with Crippen molar-refractivity contribution in [3.05, 3.63) is 48.5 Å². The van der Waals surface area contributed by atoms with Crippen LogP contribution in [0.25, 0.3) is 0 Å². The zero-order valence-electron chi connectivity index (χ0n) is 19.2. The number of rotatable bonds is 9. The number of carbonyl (C=O) groups excluding carboxylic acids is 2. The van der Waals surface area contributed by atoms with Gasteiger partial charge in [0.25, 0.3) is 0 Å². The first kappa shape index (κ1) is 24.2. The van der Waals surface area contributed by atoms with Gasteiger partial charge in [0.15, 0.2) is 0 Å². The van der Waals surface area contributed by atoms with E-state index in [0.29, 0.717) is 64.6 Å². The van der Waals surface area contributed by atoms with Crippen LogP contribution in [0.5, 0.6) is 5.75 Å². The maximum Gasteiger partial charge on any atom is 0.225 e. The average Bonchev–Trinajstić information content (AvgIpc) is 3.38. The van der Waals surface area contributed by atoms with Crippen LogP contribution in [0.3, 0.4) is 0 Å². The van der Waals surface area contributed by atoms with Crippen LogP contribution in [-0.4, -0.2) is 89.6 Å². The molecule has 0 saturated carbocycles. The Hall–Kier alpha value is -2.98. The highest BCUT2D eigenvalue weighted by Gasteiger charge is 2.42. The number of ether oxygens (including phenoxy) is 3. The molecule has 2 aliphatic rings. The minimum Gasteiger partial charge on any atom is -0.490 e. The van der Waals surface area contributed by atoms with Gasteiger partial charge in [-0.2, -0.15) is 5.10 Å². The van der Waals surface area contributed by atoms with E-state index in [4.69, 9.17) is 14.2 Å². The van der Waals surface area contributed by atoms with Gasteiger partial charge in [0.05, 0.1) is 32.8 Å². The number of nitrogens with zero attached hydrogens (tertiary/aromatic N) is 4. The average molecular weight is 475 g/mol. The fraction of sp³-hybridized carbons (Fsp3) is 0.542. The lowest BCUT2D eigenvalue weighted by molar-refractivity contribution is -0.167. The molecular weight excluding hydrogens is 443 g/mol. The van der Waals surface area contributed by atoms with E-state index in [1.807, 2.05) is 12.3 Å². The van der Waals surface area contributed by atoms with E-state index in [-0.39, 0.29) is 37.2 Å². The van der Waals surface area contributed by atoms with E-state index in [0.717, 1.165) is 0 Å². The third-order valence-corrected chi connectivity index (χ3v) is 6.09. The first-order valence-electron chi connectivity index (χ1n) is 11.7. The summed E-state index contributed by atoms with van der Waals surface area (Å²) in [7, 11) is 0. The van der Waals surface area contributed by atoms with Crippen molar-refractivity contribution < 1.29 is 28.2 Å². The van der Waals surface area contributed by atoms with Crippen molar-refractivity contribution in [1.82, 2.24) is 19.6 Å². The molecule has 4 rings (SSSR count). The Morgan fingerprint density at radius 2 is 1.82 bits per heavy atom. The number of aryl methyl sites for hydroxylation is 1. The summed E-state index contributed by atoms with van der Waals surface area (Å²) in [5.41, 5.74) is -0.986. The second kappa shape index (κ2) is 11.4. The summed E-state index contributed by atoms with van der Waals surface area (Å²) in [6.07, 6.45) is 4.72. The molecule has 2 saturated heterocycles. The summed E-state index contributed by atoms with van der Waals surface area (Å²) < 4.78 is 32.5. The molecule has 34 heavy (non-hydrogen) atoms. The molecule has 0 spiro atoms. The van der Waals surface area contributed by atoms with Gasteiger partial charge in [-0.25, -0.2) is 4.39 Å². The number of halogens is 1. The van der Waals surface area contributed by atoms with Crippen molar-refractivity contribution in [1.29, 1.82) is 0 Å². The molecule has 9 nitrogen and oxygen atoms in total. The van der Waals surface area contributed by atoms with Crippen LogP contribution in [0, 0.1) is 5.82 Å². The van der Waals surface area contributed by atoms with Crippen LogP contribution < -0.4 is 4.74 Å². The second-order valence-corrected chi connectivity index (χ2v) is 8.63. The molecule has 2 aliphatic heterocycles. The highest BCUT2D eigenvalue weighted by molar-refractivity contribution is 5.79. The van der Waals surface area contributed by atoms with Crippen LogP contribution >= 0.6 is 0 Å². The molecule has 184 valence electrons. The molecule has 10 heteroatoms. The highest BCUT2D eigenvalue weighted by Crippen LogP contribution is 2.26. The monoisotopic (exact) mass is 474 g/mol. The SMILES string of the molecule is O=C(C[C@@]1(COc2ccc(F)cc2)CN(C(=O)CCCn2cccn2)CCO1)N1CCOCC1. The van der Waals surface area contributed by atoms with Gasteiger partial charge in [-0.15, -0.1) is 0 Å². The highest BCUT2D eigenvalue weighted by atomic mass is 19.1. The smallest absolute Gasteiger partial charge is 0.225 e. The molecule has 1 atom stereocenters. The first-order chi connectivity index (χ1) is 16.5. The fourth-order valence-corrected chi connectivity index (χ4v) is 4.23. The summed E-state index contributed by atoms with van der Waals surface area (Å²) >= 11 is 0. The van der Waals surface area contributed by atoms with Gasteiger partial charge in [-0.3, -0.25) is 14.3 Å². The van der Waals surface area contributed by atoms with E-state index in [1.54, 1.807) is 20.7 Å². The van der Waals surface area contributed by atoms with E-state index < -0.39 is 5.60 Å². The Kier molecular flexibility index (Phi) is 8.12. The van der Waals surface area contributed by atoms with Crippen LogP contribution in [-0.2, 0) is 25.6 Å². The van der Waals surface area contributed by atoms with Gasteiger partial charge in [0, 0.05) is 45.0 Å². The zero-order chi connectivity index (χ0) is 23.8. The molecule has 1 aromatic carbocycles. The number of carbonyl (C=O) groups is 2. The van der Waals surface area contributed by atoms with Crippen molar-refractivity contribution in [3.63, 3.8) is 0 Å². The minimum atomic E-state index is -0.986. The minimum absolute atomic E-state index is 0.0143. The van der Waals surface area contributed by atoms with Gasteiger partial charge in [0.2, 0.25) is 11.8 Å². The number of aromatic nitrogens is 2. The van der Waals surface area contributed by atoms with Crippen molar-refractivity contribution in [2.24, 2.45) is 0 Å². The first-order valence-corrected chi connectivity index (χ1v) is 11.7. The lowest BCUT2D eigenvalue weighted by atomic mass is 9.96. The van der Waals surface area contributed by atoms with Crippen molar-refractivity contribution in [2.45, 2.75) is 31.4 Å². The van der Waals surface area contributed by atoms with Gasteiger partial charge in [-0.1, -0.05) is 0 Å². The molecule has 0 bridgehead atoms. The summed E-state index contributed by atoms with van der Waals surface area (Å²) in [5, 5.41) is 4.17. The Morgan fingerprint density at radius 1 is 1.06 bits per heavy atom. The molecule has 0 radical (unpaired) electrons. The zero-order valence-corrected chi connectivity index (χ0v) is 19.2. The number of hydrogen-bond donors (Lipinski definition) is 0. The molecular formula is C24H31FN4O5. The van der Waals surface area contributed by atoms with Gasteiger partial charge >= 0.3 is 0 Å². The Morgan fingerprint density at radius 3 is 2.56 bits per heavy atom. The molecule has 2 amide bonds. The maximum atomic E-state index is 13.3. The number of benzene rings is 1. The molecule has 0 aliphatic carbocycles. The summed E-state index contributed by atoms with van der Waals surface area (Å²) in [4.78, 5) is 29.6. The van der Waals surface area contributed by atoms with Gasteiger partial charge in [0.1, 0.15) is 23.8 Å². The molecule has 0 unspecified atom stereocenters. The molecule has 2 fully saturated rings. The van der Waals surface area contributed by atoms with Crippen LogP contribution in [0.2, 0.25) is 0 Å². The van der Waals surface area contributed by atoms with Crippen molar-refractivity contribution in [3.8, 4) is 5.75 Å². The molecule has 1 aromatic heterocycles. The standard InChI is InChI=1S/C24H31FN4O5/c25-20-4-6-21(7-5-20)33-19-24(17-23(31)27-11-14-32-15-12-27)18-28(13-16-34-24)22(30)3-1-9-29-10-2-8-26-29/h2,4-8,10H,1,3,9,11-19H2/t24-/m0/s1. The molecule has 3 heterocycles. The lowest BCUT2D eigenvalue weighted by Crippen LogP contribution is -2.58. The van der Waals surface area contributed by atoms with Gasteiger partial charge in [-0.05, 0) is 36.8 Å². The number of morpholine rings is 2. The Labute approximate surface area is 198 Å². The quantitative estimate of drug-likeness (QED) is 0.550. The van der Waals surface area contributed by atoms with Crippen molar-refractivity contribution in [2.75, 3.05) is 52.6 Å².